The molecule has 0 atom stereocenters. The molecule has 0 spiro atoms. The molecule has 0 aromatic heterocycles. The van der Waals surface area contributed by atoms with Gasteiger partial charge in [-0.3, -0.25) is 0 Å². The maximum absolute atomic E-state index is 2.58. The molecular formula is C34H40NP. The Bertz CT molecular complexity index is 1330. The Kier molecular flexibility index (Phi) is 7.03. The molecule has 2 aliphatic carbocycles. The SMILES string of the molecule is CN(C)c1ccc2ccccc2c1-c1c(P(C2CCCCC2)C2CCCCC2)ccc2ccccc12. The summed E-state index contributed by atoms with van der Waals surface area (Å²) in [6.07, 6.45) is 14.3. The largest absolute Gasteiger partial charge is 0.377 e. The molecular weight excluding hydrogens is 453 g/mol. The summed E-state index contributed by atoms with van der Waals surface area (Å²) < 4.78 is 0. The van der Waals surface area contributed by atoms with Crippen molar-refractivity contribution in [2.24, 2.45) is 0 Å². The van der Waals surface area contributed by atoms with Crippen LogP contribution in [0.25, 0.3) is 32.7 Å². The van der Waals surface area contributed by atoms with E-state index in [-0.39, 0.29) is 7.92 Å². The lowest BCUT2D eigenvalue weighted by Gasteiger charge is -2.40. The molecule has 2 saturated carbocycles. The normalized spacial score (nSPS) is 17.8. The Balaban J connectivity index is 1.67. The average molecular weight is 494 g/mol. The van der Waals surface area contributed by atoms with Gasteiger partial charge in [-0.15, -0.1) is 0 Å². The van der Waals surface area contributed by atoms with E-state index < -0.39 is 0 Å². The standard InChI is InChI=1S/C34H40NP/c1-35(2)31-23-21-25-13-9-11-19-29(25)33(31)34-30-20-12-10-14-26(30)22-24-32(34)36(27-15-5-3-6-16-27)28-17-7-4-8-18-28/h9-14,19-24,27-28H,3-8,15-18H2,1-2H3. The van der Waals surface area contributed by atoms with E-state index in [9.17, 15) is 0 Å². The summed E-state index contributed by atoms with van der Waals surface area (Å²) in [5.74, 6) is 0. The van der Waals surface area contributed by atoms with E-state index >= 15 is 0 Å². The highest BCUT2D eigenvalue weighted by Gasteiger charge is 2.34. The number of hydrogen-bond donors (Lipinski definition) is 0. The molecule has 0 N–H and O–H groups in total. The van der Waals surface area contributed by atoms with E-state index in [1.165, 1.54) is 103 Å². The fourth-order valence-corrected chi connectivity index (χ4v) is 11.0. The van der Waals surface area contributed by atoms with Crippen LogP contribution in [-0.2, 0) is 0 Å². The lowest BCUT2D eigenvalue weighted by atomic mass is 9.92. The van der Waals surface area contributed by atoms with E-state index in [0.717, 1.165) is 11.3 Å². The molecule has 2 fully saturated rings. The van der Waals surface area contributed by atoms with Crippen molar-refractivity contribution in [1.82, 2.24) is 0 Å². The highest BCUT2D eigenvalue weighted by molar-refractivity contribution is 7.67. The van der Waals surface area contributed by atoms with Gasteiger partial charge in [0.15, 0.2) is 0 Å². The molecule has 0 bridgehead atoms. The van der Waals surface area contributed by atoms with Crippen molar-refractivity contribution >= 4 is 40.5 Å². The van der Waals surface area contributed by atoms with Gasteiger partial charge in [-0.1, -0.05) is 113 Å². The van der Waals surface area contributed by atoms with Crippen molar-refractivity contribution < 1.29 is 0 Å². The summed E-state index contributed by atoms with van der Waals surface area (Å²) in [6, 6.07) is 27.9. The quantitative estimate of drug-likeness (QED) is 0.250. The summed E-state index contributed by atoms with van der Waals surface area (Å²) in [4.78, 5) is 2.33. The van der Waals surface area contributed by atoms with Gasteiger partial charge in [-0.2, -0.15) is 0 Å². The van der Waals surface area contributed by atoms with Gasteiger partial charge in [0.05, 0.1) is 0 Å². The predicted octanol–water partition coefficient (Wildman–Crippen LogP) is 9.50. The summed E-state index contributed by atoms with van der Waals surface area (Å²) in [5, 5.41) is 7.24. The van der Waals surface area contributed by atoms with Crippen LogP contribution in [0.15, 0.2) is 72.8 Å². The summed E-state index contributed by atoms with van der Waals surface area (Å²) in [5.41, 5.74) is 6.09. The van der Waals surface area contributed by atoms with Gasteiger partial charge in [0, 0.05) is 25.3 Å². The second-order valence-corrected chi connectivity index (χ2v) is 14.0. The van der Waals surface area contributed by atoms with E-state index in [1.54, 1.807) is 5.30 Å². The third kappa shape index (κ3) is 4.45. The van der Waals surface area contributed by atoms with Gasteiger partial charge < -0.3 is 4.90 Å². The van der Waals surface area contributed by atoms with Gasteiger partial charge >= 0.3 is 0 Å². The molecule has 0 radical (unpaired) electrons. The lowest BCUT2D eigenvalue weighted by molar-refractivity contribution is 0.487. The molecule has 36 heavy (non-hydrogen) atoms. The molecule has 1 nitrogen and oxygen atoms in total. The number of hydrogen-bond acceptors (Lipinski definition) is 1. The fourth-order valence-electron chi connectivity index (χ4n) is 7.04. The maximum Gasteiger partial charge on any atom is 0.0447 e. The zero-order valence-electron chi connectivity index (χ0n) is 22.0. The first-order valence-electron chi connectivity index (χ1n) is 14.2. The van der Waals surface area contributed by atoms with Crippen molar-refractivity contribution in [2.75, 3.05) is 19.0 Å². The predicted molar refractivity (Wildman–Crippen MR) is 162 cm³/mol. The van der Waals surface area contributed by atoms with Crippen LogP contribution >= 0.6 is 7.92 Å². The maximum atomic E-state index is 2.58. The van der Waals surface area contributed by atoms with E-state index in [0.29, 0.717) is 0 Å². The second kappa shape index (κ2) is 10.5. The van der Waals surface area contributed by atoms with Crippen molar-refractivity contribution in [2.45, 2.75) is 75.5 Å². The van der Waals surface area contributed by atoms with Gasteiger partial charge in [-0.05, 0) is 75.5 Å². The summed E-state index contributed by atoms with van der Waals surface area (Å²) in [6.45, 7) is 0. The number of rotatable bonds is 5. The molecule has 0 heterocycles. The highest BCUT2D eigenvalue weighted by atomic mass is 31.1. The minimum atomic E-state index is -0.215. The minimum Gasteiger partial charge on any atom is -0.377 e. The molecule has 4 aromatic rings. The molecule has 0 saturated heterocycles. The average Bonchev–Trinajstić information content (AvgIpc) is 2.93. The third-order valence-corrected chi connectivity index (χ3v) is 12.3. The molecule has 6 rings (SSSR count). The molecule has 4 aromatic carbocycles. The first-order chi connectivity index (χ1) is 17.7. The lowest BCUT2D eigenvalue weighted by Crippen LogP contribution is -2.27. The van der Waals surface area contributed by atoms with Crippen LogP contribution in [0.5, 0.6) is 0 Å². The smallest absolute Gasteiger partial charge is 0.0447 e. The van der Waals surface area contributed by atoms with E-state index in [2.05, 4.69) is 91.8 Å². The Morgan fingerprint density at radius 2 is 1.06 bits per heavy atom. The highest BCUT2D eigenvalue weighted by Crippen LogP contribution is 2.57. The van der Waals surface area contributed by atoms with Crippen LogP contribution in [0.4, 0.5) is 5.69 Å². The Morgan fingerprint density at radius 3 is 1.61 bits per heavy atom. The van der Waals surface area contributed by atoms with Crippen LogP contribution in [-0.4, -0.2) is 25.4 Å². The number of anilines is 1. The zero-order chi connectivity index (χ0) is 24.5. The van der Waals surface area contributed by atoms with Crippen LogP contribution in [0.1, 0.15) is 64.2 Å². The fraction of sp³-hybridized carbons (Fsp3) is 0.412. The van der Waals surface area contributed by atoms with Crippen LogP contribution in [0.2, 0.25) is 0 Å². The van der Waals surface area contributed by atoms with Crippen LogP contribution in [0.3, 0.4) is 0 Å². The molecule has 2 heteroatoms. The number of nitrogens with zero attached hydrogens (tertiary/aromatic N) is 1. The summed E-state index contributed by atoms with van der Waals surface area (Å²) >= 11 is 0. The van der Waals surface area contributed by atoms with Crippen molar-refractivity contribution in [3.63, 3.8) is 0 Å². The molecule has 186 valence electrons. The minimum absolute atomic E-state index is 0.215. The van der Waals surface area contributed by atoms with Crippen LogP contribution < -0.4 is 10.2 Å². The summed E-state index contributed by atoms with van der Waals surface area (Å²) in [7, 11) is 4.21. The van der Waals surface area contributed by atoms with Gasteiger partial charge in [0.1, 0.15) is 0 Å². The van der Waals surface area contributed by atoms with E-state index in [1.807, 2.05) is 0 Å². The molecule has 0 amide bonds. The number of fused-ring (bicyclic) bond motifs is 2. The van der Waals surface area contributed by atoms with Crippen molar-refractivity contribution in [1.29, 1.82) is 0 Å². The Morgan fingerprint density at radius 1 is 0.556 bits per heavy atom. The number of benzene rings is 4. The van der Waals surface area contributed by atoms with Gasteiger partial charge in [-0.25, -0.2) is 0 Å². The first-order valence-corrected chi connectivity index (χ1v) is 15.7. The molecule has 2 aliphatic rings. The zero-order valence-corrected chi connectivity index (χ0v) is 22.9. The monoisotopic (exact) mass is 493 g/mol. The Hall–Kier alpha value is -2.37. The Labute approximate surface area is 218 Å². The van der Waals surface area contributed by atoms with Crippen LogP contribution in [0, 0.1) is 0 Å². The first kappa shape index (κ1) is 24.0. The molecule has 0 unspecified atom stereocenters. The van der Waals surface area contributed by atoms with Gasteiger partial charge in [0.25, 0.3) is 0 Å². The second-order valence-electron chi connectivity index (χ2n) is 11.2. The molecule has 0 aliphatic heterocycles. The topological polar surface area (TPSA) is 3.24 Å². The van der Waals surface area contributed by atoms with Crippen molar-refractivity contribution in [3.05, 3.63) is 72.8 Å². The third-order valence-electron chi connectivity index (χ3n) is 8.76. The van der Waals surface area contributed by atoms with E-state index in [4.69, 9.17) is 0 Å². The van der Waals surface area contributed by atoms with Crippen molar-refractivity contribution in [3.8, 4) is 11.1 Å². The van der Waals surface area contributed by atoms with Gasteiger partial charge in [0.2, 0.25) is 0 Å².